The summed E-state index contributed by atoms with van der Waals surface area (Å²) in [5.74, 6) is 0.0973. The van der Waals surface area contributed by atoms with Crippen LogP contribution in [0, 0.1) is 0 Å². The third-order valence-corrected chi connectivity index (χ3v) is 4.45. The van der Waals surface area contributed by atoms with Crippen molar-refractivity contribution in [1.82, 2.24) is 4.90 Å². The Morgan fingerprint density at radius 3 is 2.57 bits per heavy atom. The maximum atomic E-state index is 12.6. The molecule has 23 heavy (non-hydrogen) atoms. The van der Waals surface area contributed by atoms with E-state index in [1.54, 1.807) is 0 Å². The molecule has 2 unspecified atom stereocenters. The molecule has 128 valence electrons. The molecule has 1 heterocycles. The fraction of sp³-hybridized carbons (Fsp3) is 0.611. The molecule has 0 saturated carbocycles. The van der Waals surface area contributed by atoms with E-state index in [2.05, 4.69) is 0 Å². The standard InChI is InChI=1S/C18H27ClN2O2/c1-18(2,3)23-17(22)21-11-5-4-6-16(21)15(12-20)13-7-9-14(19)10-8-13/h7-10,15-16H,4-6,11-12,20H2,1-3H3. The monoisotopic (exact) mass is 338 g/mol. The molecule has 4 nitrogen and oxygen atoms in total. The van der Waals surface area contributed by atoms with Crippen LogP contribution in [0.15, 0.2) is 24.3 Å². The number of ether oxygens (including phenoxy) is 1. The molecule has 1 aromatic carbocycles. The van der Waals surface area contributed by atoms with E-state index < -0.39 is 5.60 Å². The van der Waals surface area contributed by atoms with E-state index in [1.165, 1.54) is 0 Å². The van der Waals surface area contributed by atoms with Gasteiger partial charge in [0.25, 0.3) is 0 Å². The first kappa shape index (κ1) is 18.1. The zero-order valence-electron chi connectivity index (χ0n) is 14.2. The van der Waals surface area contributed by atoms with Gasteiger partial charge < -0.3 is 15.4 Å². The van der Waals surface area contributed by atoms with Gasteiger partial charge in [0.2, 0.25) is 0 Å². The van der Waals surface area contributed by atoms with Crippen molar-refractivity contribution in [1.29, 1.82) is 0 Å². The van der Waals surface area contributed by atoms with E-state index in [1.807, 2.05) is 49.9 Å². The van der Waals surface area contributed by atoms with Gasteiger partial charge in [-0.2, -0.15) is 0 Å². The minimum absolute atomic E-state index is 0.0739. The Hall–Kier alpha value is -1.26. The third kappa shape index (κ3) is 4.85. The summed E-state index contributed by atoms with van der Waals surface area (Å²) in [4.78, 5) is 14.4. The summed E-state index contributed by atoms with van der Waals surface area (Å²) < 4.78 is 5.58. The van der Waals surface area contributed by atoms with Crippen LogP contribution >= 0.6 is 11.6 Å². The number of hydrogen-bond acceptors (Lipinski definition) is 3. The Kier molecular flexibility index (Phi) is 5.93. The van der Waals surface area contributed by atoms with Crippen LogP contribution in [0.1, 0.15) is 51.5 Å². The summed E-state index contributed by atoms with van der Waals surface area (Å²) in [6, 6.07) is 7.83. The van der Waals surface area contributed by atoms with E-state index >= 15 is 0 Å². The van der Waals surface area contributed by atoms with Gasteiger partial charge in [-0.1, -0.05) is 23.7 Å². The summed E-state index contributed by atoms with van der Waals surface area (Å²) >= 11 is 5.98. The van der Waals surface area contributed by atoms with Crippen LogP contribution in [0.3, 0.4) is 0 Å². The van der Waals surface area contributed by atoms with Gasteiger partial charge in [0.05, 0.1) is 0 Å². The lowest BCUT2D eigenvalue weighted by Crippen LogP contribution is -2.50. The van der Waals surface area contributed by atoms with E-state index in [0.29, 0.717) is 11.6 Å². The molecule has 1 saturated heterocycles. The van der Waals surface area contributed by atoms with Crippen LogP contribution in [0.25, 0.3) is 0 Å². The van der Waals surface area contributed by atoms with Crippen LogP contribution in [-0.2, 0) is 4.74 Å². The lowest BCUT2D eigenvalue weighted by atomic mass is 9.85. The smallest absolute Gasteiger partial charge is 0.410 e. The molecule has 0 aliphatic carbocycles. The molecule has 2 atom stereocenters. The van der Waals surface area contributed by atoms with Crippen molar-refractivity contribution in [3.05, 3.63) is 34.9 Å². The van der Waals surface area contributed by atoms with Crippen molar-refractivity contribution in [2.24, 2.45) is 5.73 Å². The summed E-state index contributed by atoms with van der Waals surface area (Å²) in [6.45, 7) is 6.89. The number of nitrogens with two attached hydrogens (primary N) is 1. The van der Waals surface area contributed by atoms with Gasteiger partial charge in [0.1, 0.15) is 5.60 Å². The summed E-state index contributed by atoms with van der Waals surface area (Å²) in [6.07, 6.45) is 2.82. The number of halogens is 1. The zero-order valence-corrected chi connectivity index (χ0v) is 15.0. The number of carbonyl (C=O) groups excluding carboxylic acids is 1. The van der Waals surface area contributed by atoms with Gasteiger partial charge in [0, 0.05) is 30.1 Å². The number of benzene rings is 1. The maximum absolute atomic E-state index is 12.6. The predicted molar refractivity (Wildman–Crippen MR) is 93.8 cm³/mol. The van der Waals surface area contributed by atoms with Crippen molar-refractivity contribution in [3.63, 3.8) is 0 Å². The largest absolute Gasteiger partial charge is 0.444 e. The first-order valence-electron chi connectivity index (χ1n) is 8.27. The van der Waals surface area contributed by atoms with Gasteiger partial charge in [-0.15, -0.1) is 0 Å². The Balaban J connectivity index is 2.21. The van der Waals surface area contributed by atoms with Crippen molar-refractivity contribution in [2.75, 3.05) is 13.1 Å². The van der Waals surface area contributed by atoms with Crippen LogP contribution in [0.4, 0.5) is 4.79 Å². The lowest BCUT2D eigenvalue weighted by Gasteiger charge is -2.40. The third-order valence-electron chi connectivity index (χ3n) is 4.19. The van der Waals surface area contributed by atoms with Crippen LogP contribution in [-0.4, -0.2) is 35.7 Å². The maximum Gasteiger partial charge on any atom is 0.410 e. The number of likely N-dealkylation sites (tertiary alicyclic amines) is 1. The molecule has 1 amide bonds. The van der Waals surface area contributed by atoms with E-state index in [4.69, 9.17) is 22.1 Å². The first-order valence-corrected chi connectivity index (χ1v) is 8.65. The van der Waals surface area contributed by atoms with Crippen molar-refractivity contribution in [2.45, 2.75) is 57.6 Å². The lowest BCUT2D eigenvalue weighted by molar-refractivity contribution is 0.00665. The van der Waals surface area contributed by atoms with Gasteiger partial charge >= 0.3 is 6.09 Å². The zero-order chi connectivity index (χ0) is 17.0. The number of carbonyl (C=O) groups is 1. The summed E-state index contributed by atoms with van der Waals surface area (Å²) in [5, 5.41) is 0.706. The molecule has 0 spiro atoms. The van der Waals surface area contributed by atoms with E-state index in [9.17, 15) is 4.79 Å². The molecular formula is C18H27ClN2O2. The highest BCUT2D eigenvalue weighted by Crippen LogP contribution is 2.31. The summed E-state index contributed by atoms with van der Waals surface area (Å²) in [5.41, 5.74) is 6.69. The molecule has 0 aromatic heterocycles. The number of amides is 1. The molecule has 1 aliphatic rings. The molecular weight excluding hydrogens is 312 g/mol. The fourth-order valence-corrected chi connectivity index (χ4v) is 3.27. The molecule has 1 aliphatic heterocycles. The normalized spacial score (nSPS) is 20.2. The average Bonchev–Trinajstić information content (AvgIpc) is 2.48. The highest BCUT2D eigenvalue weighted by atomic mass is 35.5. The first-order chi connectivity index (χ1) is 10.8. The minimum Gasteiger partial charge on any atom is -0.444 e. The average molecular weight is 339 g/mol. The van der Waals surface area contributed by atoms with Gasteiger partial charge in [-0.3, -0.25) is 0 Å². The molecule has 1 aromatic rings. The van der Waals surface area contributed by atoms with Crippen LogP contribution < -0.4 is 5.73 Å². The highest BCUT2D eigenvalue weighted by molar-refractivity contribution is 6.30. The highest BCUT2D eigenvalue weighted by Gasteiger charge is 2.35. The molecule has 2 N–H and O–H groups in total. The predicted octanol–water partition coefficient (Wildman–Crippen LogP) is 4.17. The molecule has 0 radical (unpaired) electrons. The number of piperidine rings is 1. The van der Waals surface area contributed by atoms with Gasteiger partial charge in [-0.05, 0) is 57.7 Å². The Labute approximate surface area is 143 Å². The Morgan fingerprint density at radius 2 is 2.00 bits per heavy atom. The van der Waals surface area contributed by atoms with E-state index in [0.717, 1.165) is 31.4 Å². The molecule has 0 bridgehead atoms. The number of rotatable bonds is 3. The second-order valence-electron chi connectivity index (χ2n) is 7.13. The second-order valence-corrected chi connectivity index (χ2v) is 7.57. The minimum atomic E-state index is -0.489. The second kappa shape index (κ2) is 7.54. The quantitative estimate of drug-likeness (QED) is 0.899. The van der Waals surface area contributed by atoms with Gasteiger partial charge in [-0.25, -0.2) is 4.79 Å². The fourth-order valence-electron chi connectivity index (χ4n) is 3.15. The van der Waals surface area contributed by atoms with Crippen molar-refractivity contribution >= 4 is 17.7 Å². The Bertz CT molecular complexity index is 525. The van der Waals surface area contributed by atoms with Gasteiger partial charge in [0.15, 0.2) is 0 Å². The molecule has 1 fully saturated rings. The van der Waals surface area contributed by atoms with E-state index in [-0.39, 0.29) is 18.1 Å². The van der Waals surface area contributed by atoms with Crippen LogP contribution in [0.5, 0.6) is 0 Å². The topological polar surface area (TPSA) is 55.6 Å². The van der Waals surface area contributed by atoms with Crippen molar-refractivity contribution in [3.8, 4) is 0 Å². The Morgan fingerprint density at radius 1 is 1.35 bits per heavy atom. The number of hydrogen-bond donors (Lipinski definition) is 1. The van der Waals surface area contributed by atoms with Crippen LogP contribution in [0.2, 0.25) is 5.02 Å². The summed E-state index contributed by atoms with van der Waals surface area (Å²) in [7, 11) is 0. The molecule has 2 rings (SSSR count). The SMILES string of the molecule is CC(C)(C)OC(=O)N1CCCCC1C(CN)c1ccc(Cl)cc1. The number of nitrogens with zero attached hydrogens (tertiary/aromatic N) is 1. The van der Waals surface area contributed by atoms with Crippen molar-refractivity contribution < 1.29 is 9.53 Å². The molecule has 5 heteroatoms.